The summed E-state index contributed by atoms with van der Waals surface area (Å²) in [5, 5.41) is 5.18. The predicted octanol–water partition coefficient (Wildman–Crippen LogP) is 2.40. The number of carbonyl (C=O) groups excluding carboxylic acids is 1. The number of amides is 2. The maximum Gasteiger partial charge on any atom is 0.317 e. The second-order valence-corrected chi connectivity index (χ2v) is 8.44. The van der Waals surface area contributed by atoms with Crippen LogP contribution in [-0.4, -0.2) is 79.3 Å². The van der Waals surface area contributed by atoms with Crippen LogP contribution in [-0.2, 0) is 6.54 Å². The Hall–Kier alpha value is -1.18. The van der Waals surface area contributed by atoms with E-state index in [2.05, 4.69) is 33.6 Å². The molecule has 3 heterocycles. The maximum atomic E-state index is 14.0. The Morgan fingerprint density at radius 3 is 2.88 bits per heavy atom. The number of halogens is 1. The number of likely N-dealkylation sites (tertiary alicyclic amines) is 2. The van der Waals surface area contributed by atoms with E-state index in [9.17, 15) is 9.18 Å². The van der Waals surface area contributed by atoms with Crippen molar-refractivity contribution >= 4 is 17.4 Å². The Balaban J connectivity index is 1.49. The molecule has 3 rings (SSSR count). The molecule has 0 aromatic carbocycles. The molecule has 7 heteroatoms. The molecule has 2 aliphatic rings. The molecule has 0 unspecified atom stereocenters. The normalized spacial score (nSPS) is 26.0. The highest BCUT2D eigenvalue weighted by Gasteiger charge is 2.34. The molecule has 25 heavy (non-hydrogen) atoms. The van der Waals surface area contributed by atoms with Crippen LogP contribution in [0.15, 0.2) is 17.5 Å². The van der Waals surface area contributed by atoms with Crippen molar-refractivity contribution < 1.29 is 9.18 Å². The average Bonchev–Trinajstić information content (AvgIpc) is 3.20. The molecule has 2 saturated heterocycles. The summed E-state index contributed by atoms with van der Waals surface area (Å²) in [5.41, 5.74) is 0. The lowest BCUT2D eigenvalue weighted by Gasteiger charge is -2.32. The van der Waals surface area contributed by atoms with E-state index >= 15 is 0 Å². The van der Waals surface area contributed by atoms with Gasteiger partial charge in [0.1, 0.15) is 6.17 Å². The summed E-state index contributed by atoms with van der Waals surface area (Å²) in [6.07, 6.45) is 1.71. The molecule has 5 nitrogen and oxygen atoms in total. The minimum absolute atomic E-state index is 0.0343. The van der Waals surface area contributed by atoms with E-state index in [-0.39, 0.29) is 18.1 Å². The smallest absolute Gasteiger partial charge is 0.317 e. The fraction of sp³-hybridized carbons (Fsp3) is 0.722. The van der Waals surface area contributed by atoms with Crippen LogP contribution in [0.2, 0.25) is 0 Å². The fourth-order valence-corrected chi connectivity index (χ4v) is 4.47. The van der Waals surface area contributed by atoms with E-state index in [1.165, 1.54) is 4.88 Å². The lowest BCUT2D eigenvalue weighted by Crippen LogP contribution is -2.50. The van der Waals surface area contributed by atoms with Gasteiger partial charge in [-0.05, 0) is 50.8 Å². The third-order valence-corrected chi connectivity index (χ3v) is 6.15. The number of carbonyl (C=O) groups is 1. The summed E-state index contributed by atoms with van der Waals surface area (Å²) >= 11 is 1.70. The Kier molecular flexibility index (Phi) is 6.30. The number of nitrogens with one attached hydrogen (secondary N) is 1. The van der Waals surface area contributed by atoms with Gasteiger partial charge in [-0.3, -0.25) is 4.90 Å². The van der Waals surface area contributed by atoms with Crippen molar-refractivity contribution in [3.05, 3.63) is 22.4 Å². The van der Waals surface area contributed by atoms with Gasteiger partial charge in [0.2, 0.25) is 0 Å². The molecular weight excluding hydrogens is 339 g/mol. The van der Waals surface area contributed by atoms with Crippen LogP contribution >= 0.6 is 11.3 Å². The van der Waals surface area contributed by atoms with Crippen LogP contribution in [0.4, 0.5) is 9.18 Å². The molecule has 0 bridgehead atoms. The number of likely N-dealkylation sites (N-methyl/N-ethyl adjacent to an activating group) is 1. The van der Waals surface area contributed by atoms with Crippen molar-refractivity contribution in [1.82, 2.24) is 20.0 Å². The molecule has 140 valence electrons. The molecular formula is C18H29FN4OS. The molecule has 1 aromatic heterocycles. The maximum absolute atomic E-state index is 14.0. The van der Waals surface area contributed by atoms with Gasteiger partial charge in [0, 0.05) is 43.6 Å². The zero-order valence-corrected chi connectivity index (χ0v) is 16.0. The summed E-state index contributed by atoms with van der Waals surface area (Å²) < 4.78 is 14.0. The molecule has 0 saturated carbocycles. The first-order chi connectivity index (χ1) is 12.0. The standard InChI is InChI=1S/C18H29FN4OS/c1-21-7-5-15(6-8-21)20-18(24)22(2)12-16-10-14(19)11-23(16)13-17-4-3-9-25-17/h3-4,9,14-16H,5-8,10-13H2,1-2H3,(H,20,24)/t14-,16-/m0/s1. The quantitative estimate of drug-likeness (QED) is 0.867. The van der Waals surface area contributed by atoms with E-state index in [4.69, 9.17) is 0 Å². The van der Waals surface area contributed by atoms with E-state index in [1.54, 1.807) is 16.2 Å². The predicted molar refractivity (Wildman–Crippen MR) is 99.7 cm³/mol. The number of thiophene rings is 1. The van der Waals surface area contributed by atoms with Gasteiger partial charge < -0.3 is 15.1 Å². The number of nitrogens with zero attached hydrogens (tertiary/aromatic N) is 3. The Bertz CT molecular complexity index is 547. The van der Waals surface area contributed by atoms with Crippen LogP contribution in [0.3, 0.4) is 0 Å². The lowest BCUT2D eigenvalue weighted by atomic mass is 10.1. The monoisotopic (exact) mass is 368 g/mol. The number of urea groups is 1. The van der Waals surface area contributed by atoms with Crippen molar-refractivity contribution in [3.8, 4) is 0 Å². The topological polar surface area (TPSA) is 38.8 Å². The fourth-order valence-electron chi connectivity index (χ4n) is 3.75. The Labute approximate surface area is 153 Å². The molecule has 0 spiro atoms. The van der Waals surface area contributed by atoms with Gasteiger partial charge in [-0.15, -0.1) is 11.3 Å². The molecule has 0 aliphatic carbocycles. The first-order valence-electron chi connectivity index (χ1n) is 9.12. The average molecular weight is 369 g/mol. The summed E-state index contributed by atoms with van der Waals surface area (Å²) in [5.74, 6) is 0. The minimum atomic E-state index is -0.796. The van der Waals surface area contributed by atoms with E-state index in [1.807, 2.05) is 13.1 Å². The molecule has 2 atom stereocenters. The highest BCUT2D eigenvalue weighted by Crippen LogP contribution is 2.24. The first kappa shape index (κ1) is 18.6. The second-order valence-electron chi connectivity index (χ2n) is 7.40. The number of hydrogen-bond acceptors (Lipinski definition) is 4. The van der Waals surface area contributed by atoms with Crippen LogP contribution in [0, 0.1) is 0 Å². The molecule has 1 aromatic rings. The van der Waals surface area contributed by atoms with Gasteiger partial charge >= 0.3 is 6.03 Å². The van der Waals surface area contributed by atoms with E-state index in [0.717, 1.165) is 32.5 Å². The van der Waals surface area contributed by atoms with Gasteiger partial charge in [-0.1, -0.05) is 6.07 Å². The largest absolute Gasteiger partial charge is 0.335 e. The van der Waals surface area contributed by atoms with Crippen molar-refractivity contribution in [2.45, 2.75) is 44.1 Å². The summed E-state index contributed by atoms with van der Waals surface area (Å²) in [6.45, 7) is 3.86. The molecule has 0 radical (unpaired) electrons. The highest BCUT2D eigenvalue weighted by molar-refractivity contribution is 7.09. The van der Waals surface area contributed by atoms with Crippen molar-refractivity contribution in [3.63, 3.8) is 0 Å². The van der Waals surface area contributed by atoms with Crippen molar-refractivity contribution in [2.75, 3.05) is 40.3 Å². The Morgan fingerprint density at radius 2 is 2.20 bits per heavy atom. The SMILES string of the molecule is CN1CCC(NC(=O)N(C)C[C@@H]2C[C@H](F)CN2Cc2cccs2)CC1. The minimum Gasteiger partial charge on any atom is -0.335 e. The molecule has 2 fully saturated rings. The summed E-state index contributed by atoms with van der Waals surface area (Å²) in [4.78, 5) is 19.9. The first-order valence-corrected chi connectivity index (χ1v) is 10.00. The van der Waals surface area contributed by atoms with E-state index in [0.29, 0.717) is 19.5 Å². The van der Waals surface area contributed by atoms with Crippen LogP contribution < -0.4 is 5.32 Å². The van der Waals surface area contributed by atoms with Crippen LogP contribution in [0.1, 0.15) is 24.1 Å². The zero-order valence-electron chi connectivity index (χ0n) is 15.2. The van der Waals surface area contributed by atoms with Gasteiger partial charge in [-0.2, -0.15) is 0 Å². The zero-order chi connectivity index (χ0) is 17.8. The van der Waals surface area contributed by atoms with Crippen LogP contribution in [0.25, 0.3) is 0 Å². The van der Waals surface area contributed by atoms with Gasteiger partial charge in [0.15, 0.2) is 0 Å². The van der Waals surface area contributed by atoms with Gasteiger partial charge in [0.05, 0.1) is 0 Å². The highest BCUT2D eigenvalue weighted by atomic mass is 32.1. The van der Waals surface area contributed by atoms with Crippen LogP contribution in [0.5, 0.6) is 0 Å². The number of hydrogen-bond donors (Lipinski definition) is 1. The molecule has 2 amide bonds. The number of rotatable bonds is 5. The van der Waals surface area contributed by atoms with Gasteiger partial charge in [0.25, 0.3) is 0 Å². The Morgan fingerprint density at radius 1 is 1.44 bits per heavy atom. The van der Waals surface area contributed by atoms with E-state index < -0.39 is 6.17 Å². The molecule has 2 aliphatic heterocycles. The lowest BCUT2D eigenvalue weighted by molar-refractivity contribution is 0.166. The number of alkyl halides is 1. The second kappa shape index (κ2) is 8.47. The third-order valence-electron chi connectivity index (χ3n) is 5.29. The molecule has 1 N–H and O–H groups in total. The van der Waals surface area contributed by atoms with Crippen molar-refractivity contribution in [2.24, 2.45) is 0 Å². The third kappa shape index (κ3) is 5.15. The van der Waals surface area contributed by atoms with Gasteiger partial charge in [-0.25, -0.2) is 9.18 Å². The van der Waals surface area contributed by atoms with Crippen molar-refractivity contribution in [1.29, 1.82) is 0 Å². The summed E-state index contributed by atoms with van der Waals surface area (Å²) in [6, 6.07) is 4.42. The number of piperidine rings is 1. The summed E-state index contributed by atoms with van der Waals surface area (Å²) in [7, 11) is 3.93.